The predicted octanol–water partition coefficient (Wildman–Crippen LogP) is 3.98. The smallest absolute Gasteiger partial charge is 0.259 e. The van der Waals surface area contributed by atoms with E-state index >= 15 is 0 Å². The van der Waals surface area contributed by atoms with Gasteiger partial charge >= 0.3 is 0 Å². The summed E-state index contributed by atoms with van der Waals surface area (Å²) in [4.78, 5) is 37.5. The Morgan fingerprint density at radius 1 is 1.10 bits per heavy atom. The number of carbonyl (C=O) groups is 2. The number of primary amides is 1. The van der Waals surface area contributed by atoms with E-state index in [1.54, 1.807) is 24.4 Å². The van der Waals surface area contributed by atoms with Crippen molar-refractivity contribution in [2.24, 2.45) is 17.6 Å². The van der Waals surface area contributed by atoms with E-state index in [1.165, 1.54) is 30.3 Å². The molecule has 0 aliphatic heterocycles. The molecule has 3 N–H and O–H groups in total. The fourth-order valence-electron chi connectivity index (χ4n) is 4.44. The number of nitrogens with two attached hydrogens (primary N) is 1. The Morgan fingerprint density at radius 2 is 1.79 bits per heavy atom. The Balaban J connectivity index is 1.86. The van der Waals surface area contributed by atoms with E-state index in [0.717, 1.165) is 12.8 Å². The quantitative estimate of drug-likeness (QED) is 0.722. The number of benzene rings is 1. The molecule has 1 heterocycles. The second-order valence-corrected chi connectivity index (χ2v) is 8.50. The zero-order chi connectivity index (χ0) is 21.0. The minimum absolute atomic E-state index is 0.00854. The fourth-order valence-corrected chi connectivity index (χ4v) is 4.44. The summed E-state index contributed by atoms with van der Waals surface area (Å²) in [6, 6.07) is 6.35. The minimum Gasteiger partial charge on any atom is -0.368 e. The van der Waals surface area contributed by atoms with E-state index < -0.39 is 11.9 Å². The van der Waals surface area contributed by atoms with Crippen molar-refractivity contribution < 1.29 is 9.59 Å². The lowest BCUT2D eigenvalue weighted by molar-refractivity contribution is -0.122. The van der Waals surface area contributed by atoms with Crippen LogP contribution in [0.5, 0.6) is 0 Å². The average molecular weight is 398 g/mol. The number of aromatic nitrogens is 1. The molecule has 3 rings (SSSR count). The molecule has 0 bridgehead atoms. The number of carbonyl (C=O) groups excluding carboxylic acids is 2. The van der Waals surface area contributed by atoms with Crippen LogP contribution in [-0.4, -0.2) is 16.4 Å². The number of nitrogens with zero attached hydrogens (tertiary/aromatic N) is 1. The number of amides is 2. The highest BCUT2D eigenvalue weighted by molar-refractivity contribution is 6.01. The molecule has 0 radical (unpaired) electrons. The van der Waals surface area contributed by atoms with Gasteiger partial charge in [-0.2, -0.15) is 0 Å². The van der Waals surface area contributed by atoms with E-state index in [9.17, 15) is 14.4 Å². The van der Waals surface area contributed by atoms with E-state index in [0.29, 0.717) is 28.8 Å². The zero-order valence-corrected chi connectivity index (χ0v) is 17.3. The molecule has 1 atom stereocenters. The SMILES string of the molecule is CC(C)[C@H](C(N)=O)n1ccc2c(NC(=O)CC3CCCCCC3)cccc2c1=O. The molecular formula is C23H31N3O3. The number of hydrogen-bond donors (Lipinski definition) is 2. The molecule has 156 valence electrons. The van der Waals surface area contributed by atoms with Gasteiger partial charge in [0.05, 0.1) is 0 Å². The van der Waals surface area contributed by atoms with Crippen LogP contribution in [0.1, 0.15) is 64.8 Å². The van der Waals surface area contributed by atoms with Gasteiger partial charge in [0.15, 0.2) is 0 Å². The van der Waals surface area contributed by atoms with Crippen LogP contribution in [0, 0.1) is 11.8 Å². The van der Waals surface area contributed by atoms with E-state index in [2.05, 4.69) is 5.32 Å². The number of nitrogens with one attached hydrogen (secondary N) is 1. The monoisotopic (exact) mass is 397 g/mol. The first-order valence-electron chi connectivity index (χ1n) is 10.6. The summed E-state index contributed by atoms with van der Waals surface area (Å²) < 4.78 is 1.40. The van der Waals surface area contributed by atoms with Crippen LogP contribution in [-0.2, 0) is 9.59 Å². The maximum absolute atomic E-state index is 13.0. The molecule has 1 aliphatic rings. The molecule has 29 heavy (non-hydrogen) atoms. The summed E-state index contributed by atoms with van der Waals surface area (Å²) in [5, 5.41) is 4.14. The lowest BCUT2D eigenvalue weighted by Gasteiger charge is -2.21. The van der Waals surface area contributed by atoms with Crippen LogP contribution in [0.15, 0.2) is 35.3 Å². The van der Waals surface area contributed by atoms with Gasteiger partial charge in [-0.1, -0.05) is 45.6 Å². The van der Waals surface area contributed by atoms with Gasteiger partial charge in [0.25, 0.3) is 5.56 Å². The van der Waals surface area contributed by atoms with Gasteiger partial charge in [0.2, 0.25) is 11.8 Å². The maximum atomic E-state index is 13.0. The molecule has 1 saturated carbocycles. The van der Waals surface area contributed by atoms with Crippen molar-refractivity contribution in [1.82, 2.24) is 4.57 Å². The largest absolute Gasteiger partial charge is 0.368 e. The molecule has 6 heteroatoms. The summed E-state index contributed by atoms with van der Waals surface area (Å²) >= 11 is 0. The average Bonchev–Trinajstić information content (AvgIpc) is 2.92. The second kappa shape index (κ2) is 9.25. The predicted molar refractivity (Wildman–Crippen MR) is 116 cm³/mol. The Morgan fingerprint density at radius 3 is 2.41 bits per heavy atom. The van der Waals surface area contributed by atoms with Crippen molar-refractivity contribution in [3.63, 3.8) is 0 Å². The number of hydrogen-bond acceptors (Lipinski definition) is 3. The molecule has 0 spiro atoms. The molecule has 2 amide bonds. The Bertz CT molecular complexity index is 940. The van der Waals surface area contributed by atoms with Crippen molar-refractivity contribution in [2.75, 3.05) is 5.32 Å². The number of rotatable bonds is 6. The van der Waals surface area contributed by atoms with Crippen LogP contribution in [0.25, 0.3) is 10.8 Å². The van der Waals surface area contributed by atoms with Crippen molar-refractivity contribution in [1.29, 1.82) is 0 Å². The summed E-state index contributed by atoms with van der Waals surface area (Å²) in [5.74, 6) is -0.211. The molecule has 0 saturated heterocycles. The number of anilines is 1. The number of fused-ring (bicyclic) bond motifs is 1. The van der Waals surface area contributed by atoms with Crippen LogP contribution in [0.2, 0.25) is 0 Å². The standard InChI is InChI=1S/C23H31N3O3/c1-15(2)21(22(24)28)26-13-12-17-18(23(26)29)10-7-11-19(17)25-20(27)14-16-8-5-3-4-6-9-16/h7,10-13,15-16,21H,3-6,8-9,14H2,1-2H3,(H2,24,28)(H,25,27)/t21-/m1/s1. The van der Waals surface area contributed by atoms with Crippen molar-refractivity contribution in [3.8, 4) is 0 Å². The van der Waals surface area contributed by atoms with Crippen molar-refractivity contribution in [3.05, 3.63) is 40.8 Å². The van der Waals surface area contributed by atoms with E-state index in [1.807, 2.05) is 19.9 Å². The Kier molecular flexibility index (Phi) is 6.72. The van der Waals surface area contributed by atoms with E-state index in [-0.39, 0.29) is 17.4 Å². The number of pyridine rings is 1. The molecule has 0 unspecified atom stereocenters. The Labute approximate surface area is 171 Å². The topological polar surface area (TPSA) is 94.2 Å². The highest BCUT2D eigenvalue weighted by atomic mass is 16.2. The third kappa shape index (κ3) is 4.86. The maximum Gasteiger partial charge on any atom is 0.259 e. The van der Waals surface area contributed by atoms with Crippen molar-refractivity contribution in [2.45, 2.75) is 64.8 Å². The summed E-state index contributed by atoms with van der Waals surface area (Å²) in [5.41, 5.74) is 5.87. The van der Waals surface area contributed by atoms with Gasteiger partial charge in [0.1, 0.15) is 6.04 Å². The van der Waals surface area contributed by atoms with Crippen LogP contribution >= 0.6 is 0 Å². The van der Waals surface area contributed by atoms with Gasteiger partial charge in [-0.3, -0.25) is 14.4 Å². The summed E-state index contributed by atoms with van der Waals surface area (Å²) in [7, 11) is 0. The van der Waals surface area contributed by atoms with Gasteiger partial charge in [-0.25, -0.2) is 0 Å². The van der Waals surface area contributed by atoms with Crippen LogP contribution in [0.4, 0.5) is 5.69 Å². The van der Waals surface area contributed by atoms with Crippen LogP contribution in [0.3, 0.4) is 0 Å². The third-order valence-electron chi connectivity index (χ3n) is 5.92. The van der Waals surface area contributed by atoms with Gasteiger partial charge in [0, 0.05) is 29.1 Å². The molecule has 2 aromatic rings. The summed E-state index contributed by atoms with van der Waals surface area (Å²) in [6.07, 6.45) is 9.25. The highest BCUT2D eigenvalue weighted by Crippen LogP contribution is 2.27. The first-order chi connectivity index (χ1) is 13.9. The fraction of sp³-hybridized carbons (Fsp3) is 0.522. The second-order valence-electron chi connectivity index (χ2n) is 8.50. The third-order valence-corrected chi connectivity index (χ3v) is 5.92. The van der Waals surface area contributed by atoms with E-state index in [4.69, 9.17) is 5.73 Å². The molecule has 1 fully saturated rings. The van der Waals surface area contributed by atoms with Gasteiger partial charge in [-0.15, -0.1) is 0 Å². The molecule has 1 aliphatic carbocycles. The van der Waals surface area contributed by atoms with Gasteiger partial charge < -0.3 is 15.6 Å². The minimum atomic E-state index is -0.708. The first kappa shape index (κ1) is 21.1. The zero-order valence-electron chi connectivity index (χ0n) is 17.3. The highest BCUT2D eigenvalue weighted by Gasteiger charge is 2.23. The normalized spacial score (nSPS) is 16.5. The molecule has 1 aromatic heterocycles. The lowest BCUT2D eigenvalue weighted by atomic mass is 9.96. The first-order valence-corrected chi connectivity index (χ1v) is 10.6. The van der Waals surface area contributed by atoms with Crippen molar-refractivity contribution >= 4 is 28.3 Å². The molecule has 6 nitrogen and oxygen atoms in total. The summed E-state index contributed by atoms with van der Waals surface area (Å²) in [6.45, 7) is 3.71. The molecular weight excluding hydrogens is 366 g/mol. The van der Waals surface area contributed by atoms with Gasteiger partial charge in [-0.05, 0) is 42.9 Å². The molecule has 1 aromatic carbocycles. The lowest BCUT2D eigenvalue weighted by Crippen LogP contribution is -2.36. The van der Waals surface area contributed by atoms with Crippen LogP contribution < -0.4 is 16.6 Å². The Hall–Kier alpha value is -2.63.